The number of nitrogens with zero attached hydrogens (tertiary/aromatic N) is 5. The van der Waals surface area contributed by atoms with Gasteiger partial charge >= 0.3 is 6.09 Å². The second-order valence-corrected chi connectivity index (χ2v) is 7.56. The van der Waals surface area contributed by atoms with Crippen molar-refractivity contribution in [3.63, 3.8) is 0 Å². The van der Waals surface area contributed by atoms with Crippen LogP contribution in [0.3, 0.4) is 0 Å². The lowest BCUT2D eigenvalue weighted by Gasteiger charge is -2.35. The molecule has 0 atom stereocenters. The first-order valence-corrected chi connectivity index (χ1v) is 9.38. The number of hydrogen-bond acceptors (Lipinski definition) is 7. The third-order valence-corrected chi connectivity index (χ3v) is 5.49. The van der Waals surface area contributed by atoms with Gasteiger partial charge in [0.25, 0.3) is 0 Å². The smallest absolute Gasteiger partial charge is 0.416 e. The van der Waals surface area contributed by atoms with E-state index in [-0.39, 0.29) is 6.09 Å². The van der Waals surface area contributed by atoms with Crippen molar-refractivity contribution < 1.29 is 9.53 Å². The first-order chi connectivity index (χ1) is 13.0. The van der Waals surface area contributed by atoms with Crippen LogP contribution in [0.2, 0.25) is 0 Å². The molecule has 2 aliphatic rings. The number of rotatable bonds is 4. The lowest BCUT2D eigenvalue weighted by molar-refractivity contribution is 0.0148. The number of amides is 1. The normalized spacial score (nSPS) is 24.9. The number of aryl methyl sites for hydroxylation is 2. The molecule has 1 amide bonds. The molecule has 8 heteroatoms. The molecule has 2 aromatic rings. The van der Waals surface area contributed by atoms with Crippen LogP contribution >= 0.6 is 0 Å². The first kappa shape index (κ1) is 17.6. The molecule has 0 unspecified atom stereocenters. The van der Waals surface area contributed by atoms with Crippen molar-refractivity contribution in [3.05, 3.63) is 35.7 Å². The van der Waals surface area contributed by atoms with E-state index in [2.05, 4.69) is 25.7 Å². The van der Waals surface area contributed by atoms with Crippen molar-refractivity contribution in [3.8, 4) is 0 Å². The zero-order chi connectivity index (χ0) is 18.9. The van der Waals surface area contributed by atoms with Gasteiger partial charge in [0.15, 0.2) is 11.6 Å². The Morgan fingerprint density at radius 1 is 1.26 bits per heavy atom. The summed E-state index contributed by atoms with van der Waals surface area (Å²) in [7, 11) is 0. The van der Waals surface area contributed by atoms with E-state index in [1.807, 2.05) is 19.9 Å². The third kappa shape index (κ3) is 3.70. The predicted molar refractivity (Wildman–Crippen MR) is 101 cm³/mol. The molecule has 142 valence electrons. The minimum atomic E-state index is -0.398. The average molecular weight is 368 g/mol. The topological polar surface area (TPSA) is 93.1 Å². The van der Waals surface area contributed by atoms with E-state index in [0.717, 1.165) is 49.3 Å². The van der Waals surface area contributed by atoms with E-state index in [0.29, 0.717) is 18.3 Å². The molecule has 0 radical (unpaired) electrons. The predicted octanol–water partition coefficient (Wildman–Crippen LogP) is 2.88. The monoisotopic (exact) mass is 368 g/mol. The van der Waals surface area contributed by atoms with Gasteiger partial charge in [-0.1, -0.05) is 0 Å². The fourth-order valence-corrected chi connectivity index (χ4v) is 3.94. The molecular formula is C19H24N6O2. The number of aromatic nitrogens is 4. The van der Waals surface area contributed by atoms with E-state index in [4.69, 9.17) is 4.74 Å². The molecule has 1 aliphatic heterocycles. The molecule has 3 heterocycles. The Morgan fingerprint density at radius 2 is 2.07 bits per heavy atom. The average Bonchev–Trinajstić information content (AvgIpc) is 2.99. The van der Waals surface area contributed by atoms with Gasteiger partial charge in [0.2, 0.25) is 0 Å². The van der Waals surface area contributed by atoms with Gasteiger partial charge in [0.1, 0.15) is 5.60 Å². The molecule has 1 spiro atoms. The number of anilines is 2. The van der Waals surface area contributed by atoms with Crippen molar-refractivity contribution in [2.24, 2.45) is 5.92 Å². The Balaban J connectivity index is 1.33. The zero-order valence-corrected chi connectivity index (χ0v) is 15.7. The van der Waals surface area contributed by atoms with Gasteiger partial charge in [-0.15, -0.1) is 10.2 Å². The highest BCUT2D eigenvalue weighted by atomic mass is 16.6. The Hall–Kier alpha value is -2.77. The summed E-state index contributed by atoms with van der Waals surface area (Å²) in [6.07, 6.45) is 5.01. The maximum atomic E-state index is 12.3. The van der Waals surface area contributed by atoms with Crippen LogP contribution in [0.25, 0.3) is 0 Å². The van der Waals surface area contributed by atoms with Crippen LogP contribution < -0.4 is 10.2 Å². The van der Waals surface area contributed by atoms with Gasteiger partial charge in [-0.25, -0.2) is 4.79 Å². The summed E-state index contributed by atoms with van der Waals surface area (Å²) >= 11 is 0. The Bertz CT molecular complexity index is 820. The van der Waals surface area contributed by atoms with Crippen molar-refractivity contribution in [1.82, 2.24) is 20.4 Å². The largest absolute Gasteiger partial charge is 0.441 e. The van der Waals surface area contributed by atoms with Crippen molar-refractivity contribution in [1.29, 1.82) is 0 Å². The molecule has 1 saturated heterocycles. The molecule has 27 heavy (non-hydrogen) atoms. The van der Waals surface area contributed by atoms with E-state index in [1.165, 1.54) is 0 Å². The molecule has 8 nitrogen and oxygen atoms in total. The first-order valence-electron chi connectivity index (χ1n) is 9.38. The maximum Gasteiger partial charge on any atom is 0.416 e. The van der Waals surface area contributed by atoms with Crippen molar-refractivity contribution in [2.75, 3.05) is 23.3 Å². The van der Waals surface area contributed by atoms with E-state index < -0.39 is 5.60 Å². The summed E-state index contributed by atoms with van der Waals surface area (Å²) in [5.41, 5.74) is 1.64. The van der Waals surface area contributed by atoms with Crippen LogP contribution in [0.5, 0.6) is 0 Å². The SMILES string of the molecule is Cc1cc(C)c(NCC2CCC3(CC2)CN(c2cccnn2)C(=O)O3)nn1. The van der Waals surface area contributed by atoms with Gasteiger partial charge < -0.3 is 10.1 Å². The maximum absolute atomic E-state index is 12.3. The summed E-state index contributed by atoms with van der Waals surface area (Å²) in [6.45, 7) is 5.39. The van der Waals surface area contributed by atoms with Crippen LogP contribution in [0.1, 0.15) is 36.9 Å². The lowest BCUT2D eigenvalue weighted by atomic mass is 9.78. The number of nitrogens with one attached hydrogen (secondary N) is 1. The summed E-state index contributed by atoms with van der Waals surface area (Å²) in [4.78, 5) is 13.9. The van der Waals surface area contributed by atoms with Crippen molar-refractivity contribution >= 4 is 17.7 Å². The van der Waals surface area contributed by atoms with E-state index >= 15 is 0 Å². The molecule has 2 aromatic heterocycles. The second kappa shape index (κ2) is 7.09. The highest BCUT2D eigenvalue weighted by Crippen LogP contribution is 2.40. The standard InChI is InChI=1S/C19H24N6O2/c1-13-10-14(2)22-24-17(13)20-11-15-5-7-19(8-6-15)12-25(18(26)27-19)16-4-3-9-21-23-16/h3-4,9-10,15H,5-8,11-12H2,1-2H3,(H,20,24). The molecule has 1 N–H and O–H groups in total. The van der Waals surface area contributed by atoms with Gasteiger partial charge in [0, 0.05) is 12.7 Å². The summed E-state index contributed by atoms with van der Waals surface area (Å²) in [5.74, 6) is 1.93. The van der Waals surface area contributed by atoms with Crippen LogP contribution in [-0.4, -0.2) is 45.2 Å². The summed E-state index contributed by atoms with van der Waals surface area (Å²) in [5, 5.41) is 19.7. The number of ether oxygens (including phenoxy) is 1. The quantitative estimate of drug-likeness (QED) is 0.887. The zero-order valence-electron chi connectivity index (χ0n) is 15.7. The summed E-state index contributed by atoms with van der Waals surface area (Å²) < 4.78 is 5.78. The minimum Gasteiger partial charge on any atom is -0.441 e. The Morgan fingerprint density at radius 3 is 2.78 bits per heavy atom. The van der Waals surface area contributed by atoms with Crippen LogP contribution in [-0.2, 0) is 4.74 Å². The van der Waals surface area contributed by atoms with Crippen molar-refractivity contribution in [2.45, 2.75) is 45.1 Å². The number of hydrogen-bond donors (Lipinski definition) is 1. The molecule has 1 aliphatic carbocycles. The van der Waals surface area contributed by atoms with E-state index in [1.54, 1.807) is 23.2 Å². The highest BCUT2D eigenvalue weighted by Gasteiger charge is 2.48. The number of carbonyl (C=O) groups excluding carboxylic acids is 1. The molecule has 0 bridgehead atoms. The lowest BCUT2D eigenvalue weighted by Crippen LogP contribution is -2.39. The fourth-order valence-electron chi connectivity index (χ4n) is 3.94. The molecule has 4 rings (SSSR count). The van der Waals surface area contributed by atoms with Crippen LogP contribution in [0.15, 0.2) is 24.4 Å². The van der Waals surface area contributed by atoms with Gasteiger partial charge in [0.05, 0.1) is 12.2 Å². The van der Waals surface area contributed by atoms with E-state index in [9.17, 15) is 4.79 Å². The number of carbonyl (C=O) groups is 1. The Kier molecular flexibility index (Phi) is 4.63. The highest BCUT2D eigenvalue weighted by molar-refractivity contribution is 5.89. The molecule has 0 aromatic carbocycles. The fraction of sp³-hybridized carbons (Fsp3) is 0.526. The van der Waals surface area contributed by atoms with Crippen LogP contribution in [0.4, 0.5) is 16.4 Å². The minimum absolute atomic E-state index is 0.322. The second-order valence-electron chi connectivity index (χ2n) is 7.56. The molecule has 1 saturated carbocycles. The van der Waals surface area contributed by atoms with Gasteiger partial charge in [-0.05, 0) is 69.2 Å². The third-order valence-electron chi connectivity index (χ3n) is 5.49. The van der Waals surface area contributed by atoms with Gasteiger partial charge in [-0.2, -0.15) is 10.2 Å². The van der Waals surface area contributed by atoms with Crippen LogP contribution in [0, 0.1) is 19.8 Å². The van der Waals surface area contributed by atoms with Gasteiger partial charge in [-0.3, -0.25) is 4.90 Å². The summed E-state index contributed by atoms with van der Waals surface area (Å²) in [6, 6.07) is 5.59. The molecular weight excluding hydrogens is 344 g/mol. The molecule has 2 fully saturated rings. The Labute approximate surface area is 158 Å².